The summed E-state index contributed by atoms with van der Waals surface area (Å²) in [6.45, 7) is 19.4. The van der Waals surface area contributed by atoms with Crippen molar-refractivity contribution >= 4 is 17.5 Å². The summed E-state index contributed by atoms with van der Waals surface area (Å²) in [6, 6.07) is 5.41. The molecule has 6 rings (SSSR count). The molecule has 1 aromatic carbocycles. The van der Waals surface area contributed by atoms with Gasteiger partial charge in [-0.1, -0.05) is 46.8 Å². The highest BCUT2D eigenvalue weighted by Crippen LogP contribution is 2.61. The molecular formula is C44H71N5O6. The normalized spacial score (nSPS) is 29.9. The van der Waals surface area contributed by atoms with Gasteiger partial charge >= 0.3 is 0 Å². The van der Waals surface area contributed by atoms with Crippen molar-refractivity contribution in [2.45, 2.75) is 117 Å². The van der Waals surface area contributed by atoms with Crippen molar-refractivity contribution in [1.82, 2.24) is 20.6 Å². The molecule has 2 amide bonds. The first-order chi connectivity index (χ1) is 26.0. The third-order valence-corrected chi connectivity index (χ3v) is 13.3. The summed E-state index contributed by atoms with van der Waals surface area (Å²) < 4.78 is 6.21. The maximum Gasteiger partial charge on any atom is 0.251 e. The molecule has 4 fully saturated rings. The van der Waals surface area contributed by atoms with Gasteiger partial charge in [-0.05, 0) is 113 Å². The molecule has 0 radical (unpaired) electrons. The fourth-order valence-electron chi connectivity index (χ4n) is 10.3. The van der Waals surface area contributed by atoms with Gasteiger partial charge in [0.15, 0.2) is 0 Å². The van der Waals surface area contributed by atoms with Crippen molar-refractivity contribution in [3.05, 3.63) is 52.8 Å². The Morgan fingerprint density at radius 1 is 1.11 bits per heavy atom. The quantitative estimate of drug-likeness (QED) is 0.166. The number of carbonyl (C=O) groups is 2. The molecule has 1 unspecified atom stereocenters. The molecule has 1 aliphatic heterocycles. The number of hydroxylamine groups is 2. The van der Waals surface area contributed by atoms with Crippen LogP contribution in [0, 0.1) is 35.0 Å². The van der Waals surface area contributed by atoms with Crippen molar-refractivity contribution in [3.63, 3.8) is 0 Å². The number of ether oxygens (including phenoxy) is 1. The van der Waals surface area contributed by atoms with E-state index in [0.29, 0.717) is 35.7 Å². The molecule has 3 saturated carbocycles. The number of rotatable bonds is 17. The van der Waals surface area contributed by atoms with Gasteiger partial charge in [0.05, 0.1) is 26.4 Å². The number of carbonyl (C=O) groups excluding carboxylic acids is 2. The lowest BCUT2D eigenvalue weighted by Crippen LogP contribution is -2.62. The van der Waals surface area contributed by atoms with Crippen molar-refractivity contribution in [2.24, 2.45) is 35.0 Å². The second kappa shape index (κ2) is 18.1. The molecule has 55 heavy (non-hydrogen) atoms. The number of anilines is 1. The minimum Gasteiger partial charge on any atom is -0.500 e. The number of aliphatic hydroxyl groups is 2. The van der Waals surface area contributed by atoms with E-state index in [1.165, 1.54) is 6.42 Å². The Bertz CT molecular complexity index is 1540. The van der Waals surface area contributed by atoms with Crippen LogP contribution in [-0.4, -0.2) is 116 Å². The van der Waals surface area contributed by atoms with E-state index < -0.39 is 24.2 Å². The summed E-state index contributed by atoms with van der Waals surface area (Å²) in [5.41, 5.74) is 3.70. The largest absolute Gasteiger partial charge is 0.500 e. The smallest absolute Gasteiger partial charge is 0.251 e. The number of amides is 2. The minimum absolute atomic E-state index is 0.0133. The van der Waals surface area contributed by atoms with Gasteiger partial charge in [-0.25, -0.2) is 0 Å². The predicted octanol–water partition coefficient (Wildman–Crippen LogP) is 5.34. The highest BCUT2D eigenvalue weighted by atomic mass is 16.7. The Kier molecular flexibility index (Phi) is 14.2. The Hall–Kier alpha value is -2.96. The monoisotopic (exact) mass is 766 g/mol. The van der Waals surface area contributed by atoms with Crippen molar-refractivity contribution in [3.8, 4) is 0 Å². The summed E-state index contributed by atoms with van der Waals surface area (Å²) in [5.74, 6) is 1.59. The van der Waals surface area contributed by atoms with Crippen LogP contribution in [0.2, 0.25) is 0 Å². The molecule has 4 aliphatic carbocycles. The second-order valence-corrected chi connectivity index (χ2v) is 18.1. The SMILES string of the molecule is CCN(CC)c1cc(C(=O)N[C@@H](CC(C)C)CN(C)C)cc(C2CC=CC(CN3O[C@@H](CO)[C@@H]([C@H](C)O)[C@H]3C(=O)N[C@H]3C[C@@H]4C[C@H]([C@@H]3C)C4(C)C)=C2OC)c1. The second-order valence-electron chi connectivity index (χ2n) is 18.1. The lowest BCUT2D eigenvalue weighted by molar-refractivity contribution is -0.173. The molecule has 308 valence electrons. The number of aliphatic hydroxyl groups excluding tert-OH is 2. The van der Waals surface area contributed by atoms with Crippen LogP contribution < -0.4 is 15.5 Å². The fourth-order valence-corrected chi connectivity index (χ4v) is 10.3. The van der Waals surface area contributed by atoms with Crippen molar-refractivity contribution in [2.75, 3.05) is 58.9 Å². The zero-order valence-corrected chi connectivity index (χ0v) is 35.5. The van der Waals surface area contributed by atoms with Crippen LogP contribution in [0.3, 0.4) is 0 Å². The molecule has 10 atom stereocenters. The Balaban J connectivity index is 1.45. The molecule has 5 aliphatic rings. The van der Waals surface area contributed by atoms with Crippen LogP contribution in [0.25, 0.3) is 0 Å². The predicted molar refractivity (Wildman–Crippen MR) is 219 cm³/mol. The highest BCUT2D eigenvalue weighted by molar-refractivity contribution is 5.95. The number of fused-ring (bicyclic) bond motifs is 2. The van der Waals surface area contributed by atoms with Crippen LogP contribution in [0.4, 0.5) is 5.69 Å². The lowest BCUT2D eigenvalue weighted by atomic mass is 9.45. The number of hydrogen-bond acceptors (Lipinski definition) is 9. The lowest BCUT2D eigenvalue weighted by Gasteiger charge is -2.62. The van der Waals surface area contributed by atoms with Crippen molar-refractivity contribution in [1.29, 1.82) is 0 Å². The summed E-state index contributed by atoms with van der Waals surface area (Å²) in [6.07, 6.45) is 6.22. The van der Waals surface area contributed by atoms with Crippen LogP contribution in [0.15, 0.2) is 41.7 Å². The van der Waals surface area contributed by atoms with E-state index in [1.54, 1.807) is 19.1 Å². The number of likely N-dealkylation sites (N-methyl/N-ethyl adjacent to an activating group) is 1. The van der Waals surface area contributed by atoms with Gasteiger partial charge in [-0.2, -0.15) is 5.06 Å². The Morgan fingerprint density at radius 3 is 2.38 bits per heavy atom. The maximum atomic E-state index is 14.3. The molecule has 0 spiro atoms. The minimum atomic E-state index is -0.884. The molecule has 11 heteroatoms. The summed E-state index contributed by atoms with van der Waals surface area (Å²) >= 11 is 0. The van der Waals surface area contributed by atoms with E-state index in [-0.39, 0.29) is 48.4 Å². The number of nitrogens with one attached hydrogen (secondary N) is 2. The van der Waals surface area contributed by atoms with E-state index in [0.717, 1.165) is 55.1 Å². The van der Waals surface area contributed by atoms with E-state index in [9.17, 15) is 19.8 Å². The van der Waals surface area contributed by atoms with E-state index in [2.05, 4.69) is 81.0 Å². The molecule has 2 bridgehead atoms. The first-order valence-electron chi connectivity index (χ1n) is 20.9. The number of benzene rings is 1. The van der Waals surface area contributed by atoms with E-state index >= 15 is 0 Å². The summed E-state index contributed by atoms with van der Waals surface area (Å²) in [7, 11) is 5.73. The summed E-state index contributed by atoms with van der Waals surface area (Å²) in [5, 5.41) is 29.8. The molecule has 11 nitrogen and oxygen atoms in total. The maximum absolute atomic E-state index is 14.3. The third-order valence-electron chi connectivity index (χ3n) is 13.3. The molecule has 4 N–H and O–H groups in total. The fraction of sp³-hybridized carbons (Fsp3) is 0.727. The zero-order valence-electron chi connectivity index (χ0n) is 35.5. The molecule has 1 aromatic rings. The van der Waals surface area contributed by atoms with Gasteiger partial charge < -0.3 is 35.4 Å². The number of hydrogen-bond donors (Lipinski definition) is 4. The van der Waals surface area contributed by atoms with Crippen molar-refractivity contribution < 1.29 is 29.4 Å². The zero-order chi connectivity index (χ0) is 40.4. The molecular weight excluding hydrogens is 695 g/mol. The molecule has 1 saturated heterocycles. The topological polar surface area (TPSA) is 127 Å². The number of allylic oxidation sites excluding steroid dienone is 2. The van der Waals surface area contributed by atoms with Crippen LogP contribution in [-0.2, 0) is 14.4 Å². The average Bonchev–Trinajstić information content (AvgIpc) is 3.50. The highest BCUT2D eigenvalue weighted by Gasteiger charge is 2.57. The van der Waals surface area contributed by atoms with Gasteiger partial charge in [0, 0.05) is 60.4 Å². The van der Waals surface area contributed by atoms with Gasteiger partial charge in [-0.15, -0.1) is 0 Å². The molecule has 0 aromatic heterocycles. The van der Waals surface area contributed by atoms with E-state index in [1.807, 2.05) is 32.3 Å². The van der Waals surface area contributed by atoms with E-state index in [4.69, 9.17) is 9.57 Å². The Morgan fingerprint density at radius 2 is 1.82 bits per heavy atom. The van der Waals surface area contributed by atoms with Crippen LogP contribution in [0.5, 0.6) is 0 Å². The van der Waals surface area contributed by atoms with Gasteiger partial charge in [0.1, 0.15) is 17.9 Å². The Labute approximate surface area is 330 Å². The standard InChI is InChI=1S/C44H71N5O6/c1-12-48(13-2)34-19-30(18-31(20-34)42(52)45-33(17-26(3)4)24-47(9)10)35-16-14-15-29(41(35)54-11)23-49-40(39(28(6)51)38(25-50)55-49)43(53)46-37-22-32-21-36(27(37)5)44(32,7)8/h14-15,18-20,26-28,32-33,35-40,50-51H,12-13,16-17,21-25H2,1-11H3,(H,45,52)(H,46,53)/t27-,28-,32-,33-,35?,36+,37-,38-,39+,40-/m0/s1. The first kappa shape index (κ1) is 43.2. The number of nitrogens with zero attached hydrogens (tertiary/aromatic N) is 3. The number of methoxy groups -OCH3 is 1. The first-order valence-corrected chi connectivity index (χ1v) is 20.9. The summed E-state index contributed by atoms with van der Waals surface area (Å²) in [4.78, 5) is 39.0. The third kappa shape index (κ3) is 9.27. The van der Waals surface area contributed by atoms with Gasteiger partial charge in [-0.3, -0.25) is 14.4 Å². The molecule has 1 heterocycles. The van der Waals surface area contributed by atoms with Crippen LogP contribution in [0.1, 0.15) is 103 Å². The van der Waals surface area contributed by atoms with Crippen LogP contribution >= 0.6 is 0 Å². The van der Waals surface area contributed by atoms with Gasteiger partial charge in [0.2, 0.25) is 5.91 Å². The average molecular weight is 766 g/mol. The van der Waals surface area contributed by atoms with Gasteiger partial charge in [0.25, 0.3) is 5.91 Å².